The van der Waals surface area contributed by atoms with Gasteiger partial charge >= 0.3 is 74.3 Å². The van der Waals surface area contributed by atoms with Crippen molar-refractivity contribution in [2.24, 2.45) is 0 Å². The summed E-state index contributed by atoms with van der Waals surface area (Å²) in [6, 6.07) is 0. The van der Waals surface area contributed by atoms with Crippen molar-refractivity contribution in [2.45, 2.75) is 41.5 Å². The Morgan fingerprint density at radius 2 is 1.80 bits per heavy atom. The molecule has 0 bridgehead atoms. The van der Waals surface area contributed by atoms with Crippen LogP contribution < -0.4 is 0 Å². The van der Waals surface area contributed by atoms with Crippen LogP contribution in [0, 0.1) is 0 Å². The summed E-state index contributed by atoms with van der Waals surface area (Å²) in [4.78, 5) is 0. The number of rotatable bonds is 7. The van der Waals surface area contributed by atoms with Gasteiger partial charge in [0.05, 0.1) is 0 Å². The van der Waals surface area contributed by atoms with E-state index in [1.54, 1.807) is 4.44 Å². The standard InChI is InChI=1S/C4H9O.C4H9.Sn/c1-2-3-4-5;1-3-4-2;/h5H,1-4H2;1,3-4H2,2H3;. The molecular formula is C8H18OSn. The SMILES string of the molecule is CCC[CH2][Sn][CH2]CCCO. The van der Waals surface area contributed by atoms with E-state index in [0.29, 0.717) is 6.61 Å². The Labute approximate surface area is 74.4 Å². The molecule has 0 aromatic heterocycles. The first-order chi connectivity index (χ1) is 4.91. The van der Waals surface area contributed by atoms with E-state index in [2.05, 4.69) is 6.92 Å². The Morgan fingerprint density at radius 3 is 2.40 bits per heavy atom. The van der Waals surface area contributed by atoms with Gasteiger partial charge in [-0.1, -0.05) is 0 Å². The molecule has 0 rings (SSSR count). The maximum atomic E-state index is 8.49. The molecule has 0 aromatic carbocycles. The van der Waals surface area contributed by atoms with Gasteiger partial charge in [0.1, 0.15) is 0 Å². The van der Waals surface area contributed by atoms with Crippen LogP contribution in [0.4, 0.5) is 0 Å². The number of aliphatic hydroxyl groups is 1. The number of hydrogen-bond acceptors (Lipinski definition) is 1. The first-order valence-electron chi connectivity index (χ1n) is 4.23. The number of hydrogen-bond donors (Lipinski definition) is 1. The van der Waals surface area contributed by atoms with Crippen molar-refractivity contribution in [1.82, 2.24) is 0 Å². The zero-order valence-electron chi connectivity index (χ0n) is 6.90. The molecule has 60 valence electrons. The van der Waals surface area contributed by atoms with E-state index in [4.69, 9.17) is 5.11 Å². The monoisotopic (exact) mass is 250 g/mol. The van der Waals surface area contributed by atoms with Gasteiger partial charge in [-0.15, -0.1) is 0 Å². The van der Waals surface area contributed by atoms with E-state index in [9.17, 15) is 0 Å². The number of unbranched alkanes of at least 4 members (excludes halogenated alkanes) is 2. The van der Waals surface area contributed by atoms with Gasteiger partial charge < -0.3 is 0 Å². The van der Waals surface area contributed by atoms with Crippen molar-refractivity contribution in [3.05, 3.63) is 0 Å². The minimum atomic E-state index is 0.0256. The third kappa shape index (κ3) is 8.76. The topological polar surface area (TPSA) is 20.2 Å². The second-order valence-electron chi connectivity index (χ2n) is 2.53. The zero-order chi connectivity index (χ0) is 7.66. The molecule has 0 amide bonds. The first-order valence-corrected chi connectivity index (χ1v) is 8.27. The predicted molar refractivity (Wildman–Crippen MR) is 46.6 cm³/mol. The van der Waals surface area contributed by atoms with Crippen LogP contribution in [0.25, 0.3) is 0 Å². The van der Waals surface area contributed by atoms with Crippen molar-refractivity contribution in [3.63, 3.8) is 0 Å². The third-order valence-electron chi connectivity index (χ3n) is 1.47. The minimum absolute atomic E-state index is 0.0256. The maximum absolute atomic E-state index is 8.49. The second-order valence-corrected chi connectivity index (χ2v) is 6.82. The van der Waals surface area contributed by atoms with Gasteiger partial charge in [0.15, 0.2) is 0 Å². The van der Waals surface area contributed by atoms with Crippen molar-refractivity contribution in [3.8, 4) is 0 Å². The van der Waals surface area contributed by atoms with Gasteiger partial charge in [-0.25, -0.2) is 0 Å². The van der Waals surface area contributed by atoms with Crippen LogP contribution in [0.2, 0.25) is 8.87 Å². The Morgan fingerprint density at radius 1 is 1.10 bits per heavy atom. The first kappa shape index (κ1) is 10.8. The number of aliphatic hydroxyl groups excluding tert-OH is 1. The summed E-state index contributed by atoms with van der Waals surface area (Å²) in [6.07, 6.45) is 5.13. The van der Waals surface area contributed by atoms with E-state index in [1.165, 1.54) is 23.7 Å². The van der Waals surface area contributed by atoms with Crippen LogP contribution in [-0.2, 0) is 0 Å². The molecule has 0 aromatic rings. The van der Waals surface area contributed by atoms with E-state index in [1.807, 2.05) is 0 Å². The molecule has 0 aliphatic rings. The molecule has 0 fully saturated rings. The molecule has 1 nitrogen and oxygen atoms in total. The average molecular weight is 249 g/mol. The van der Waals surface area contributed by atoms with Gasteiger partial charge in [0, 0.05) is 0 Å². The molecule has 0 spiro atoms. The Bertz CT molecular complexity index is 49.2. The molecule has 2 radical (unpaired) electrons. The van der Waals surface area contributed by atoms with E-state index in [-0.39, 0.29) is 21.1 Å². The van der Waals surface area contributed by atoms with Gasteiger partial charge in [0.2, 0.25) is 0 Å². The molecule has 0 atom stereocenters. The summed E-state index contributed by atoms with van der Waals surface area (Å²) >= 11 is 0.0256. The summed E-state index contributed by atoms with van der Waals surface area (Å²) in [6.45, 7) is 2.65. The van der Waals surface area contributed by atoms with Crippen LogP contribution >= 0.6 is 0 Å². The van der Waals surface area contributed by atoms with Crippen molar-refractivity contribution in [2.75, 3.05) is 6.61 Å². The van der Waals surface area contributed by atoms with Crippen molar-refractivity contribution in [1.29, 1.82) is 0 Å². The summed E-state index contributed by atoms with van der Waals surface area (Å²) in [5, 5.41) is 8.49. The van der Waals surface area contributed by atoms with Crippen molar-refractivity contribution >= 4 is 21.1 Å². The normalized spacial score (nSPS) is 10.2. The molecule has 0 unspecified atom stereocenters. The molecular weight excluding hydrogens is 231 g/mol. The summed E-state index contributed by atoms with van der Waals surface area (Å²) in [7, 11) is 0. The predicted octanol–water partition coefficient (Wildman–Crippen LogP) is 2.10. The van der Waals surface area contributed by atoms with E-state index < -0.39 is 0 Å². The van der Waals surface area contributed by atoms with Crippen LogP contribution in [0.1, 0.15) is 32.6 Å². The molecule has 0 saturated heterocycles. The summed E-state index contributed by atoms with van der Waals surface area (Å²) in [5.41, 5.74) is 0. The quantitative estimate of drug-likeness (QED) is 0.541. The molecule has 0 heterocycles. The fourth-order valence-corrected chi connectivity index (χ4v) is 4.65. The van der Waals surface area contributed by atoms with Crippen LogP contribution in [0.5, 0.6) is 0 Å². The zero-order valence-corrected chi connectivity index (χ0v) is 9.75. The molecule has 0 aliphatic carbocycles. The second kappa shape index (κ2) is 9.76. The average Bonchev–Trinajstić information content (AvgIpc) is 1.97. The third-order valence-corrected chi connectivity index (χ3v) is 5.51. The molecule has 0 saturated carbocycles. The van der Waals surface area contributed by atoms with Crippen LogP contribution in [0.3, 0.4) is 0 Å². The van der Waals surface area contributed by atoms with Crippen molar-refractivity contribution < 1.29 is 5.11 Å². The Hall–Kier alpha value is 0.759. The fourth-order valence-electron chi connectivity index (χ4n) is 0.789. The molecule has 0 aliphatic heterocycles. The van der Waals surface area contributed by atoms with E-state index >= 15 is 0 Å². The molecule has 2 heteroatoms. The van der Waals surface area contributed by atoms with Gasteiger partial charge in [-0.05, 0) is 0 Å². The van der Waals surface area contributed by atoms with Gasteiger partial charge in [0.25, 0.3) is 0 Å². The van der Waals surface area contributed by atoms with Gasteiger partial charge in [-0.3, -0.25) is 0 Å². The molecule has 10 heavy (non-hydrogen) atoms. The Kier molecular flexibility index (Phi) is 10.5. The molecule has 1 N–H and O–H groups in total. The summed E-state index contributed by atoms with van der Waals surface area (Å²) < 4.78 is 3.02. The van der Waals surface area contributed by atoms with Crippen LogP contribution in [0.15, 0.2) is 0 Å². The van der Waals surface area contributed by atoms with E-state index in [0.717, 1.165) is 6.42 Å². The van der Waals surface area contributed by atoms with Crippen LogP contribution in [-0.4, -0.2) is 32.9 Å². The summed E-state index contributed by atoms with van der Waals surface area (Å²) in [5.74, 6) is 0. The fraction of sp³-hybridized carbons (Fsp3) is 1.00. The Balaban J connectivity index is 2.65. The van der Waals surface area contributed by atoms with Gasteiger partial charge in [-0.2, -0.15) is 0 Å².